The van der Waals surface area contributed by atoms with E-state index in [-0.39, 0.29) is 28.9 Å². The van der Waals surface area contributed by atoms with Crippen LogP contribution in [0.15, 0.2) is 33.0 Å². The van der Waals surface area contributed by atoms with Gasteiger partial charge in [0.1, 0.15) is 11.5 Å². The predicted molar refractivity (Wildman–Crippen MR) is 113 cm³/mol. The Morgan fingerprint density at radius 2 is 2.03 bits per heavy atom. The fraction of sp³-hybridized carbons (Fsp3) is 0.524. The Bertz CT molecular complexity index is 909. The van der Waals surface area contributed by atoms with Gasteiger partial charge in [-0.3, -0.25) is 19.9 Å². The number of nitrogens with zero attached hydrogens (tertiary/aromatic N) is 2. The highest BCUT2D eigenvalue weighted by atomic mass is 79.9. The molecule has 3 rings (SSSR count). The van der Waals surface area contributed by atoms with Crippen LogP contribution in [0.3, 0.4) is 0 Å². The quantitative estimate of drug-likeness (QED) is 0.471. The second-order valence-corrected chi connectivity index (χ2v) is 8.45. The summed E-state index contributed by atoms with van der Waals surface area (Å²) >= 11 is 3.31. The summed E-state index contributed by atoms with van der Waals surface area (Å²) in [6.07, 6.45) is 3.01. The lowest BCUT2D eigenvalue weighted by Crippen LogP contribution is -2.41. The summed E-state index contributed by atoms with van der Waals surface area (Å²) in [7, 11) is 0. The number of Topliss-reactive ketones (excluding diaryl/α,β-unsaturated/α-hetero) is 1. The van der Waals surface area contributed by atoms with Crippen molar-refractivity contribution in [1.29, 1.82) is 0 Å². The average Bonchev–Trinajstić information content (AvgIpc) is 2.64. The number of allylic oxidation sites excluding steroid dienone is 2. The molecule has 0 spiro atoms. The molecule has 1 aliphatic carbocycles. The minimum Gasteiger partial charge on any atom is -0.503 e. The third-order valence-corrected chi connectivity index (χ3v) is 6.21. The van der Waals surface area contributed by atoms with Crippen molar-refractivity contribution in [2.24, 2.45) is 16.8 Å². The van der Waals surface area contributed by atoms with Gasteiger partial charge in [0.05, 0.1) is 27.8 Å². The number of hydrogen-bond donors (Lipinski definition) is 1. The van der Waals surface area contributed by atoms with Gasteiger partial charge in [0.25, 0.3) is 5.70 Å². The summed E-state index contributed by atoms with van der Waals surface area (Å²) in [5.41, 5.74) is 1.55. The molecule has 29 heavy (non-hydrogen) atoms. The van der Waals surface area contributed by atoms with Crippen LogP contribution in [-0.2, 0) is 4.79 Å². The van der Waals surface area contributed by atoms with Crippen molar-refractivity contribution < 1.29 is 19.6 Å². The Morgan fingerprint density at radius 1 is 1.31 bits per heavy atom. The number of fused-ring (bicyclic) bond motifs is 1. The van der Waals surface area contributed by atoms with Crippen LogP contribution < -0.4 is 4.74 Å². The van der Waals surface area contributed by atoms with Crippen LogP contribution in [-0.4, -0.2) is 28.1 Å². The number of phenols is 1. The Kier molecular flexibility index (Phi) is 6.41. The second-order valence-electron chi connectivity index (χ2n) is 7.60. The van der Waals surface area contributed by atoms with E-state index in [1.165, 1.54) is 0 Å². The van der Waals surface area contributed by atoms with Crippen LogP contribution in [0.25, 0.3) is 0 Å². The molecule has 8 heteroatoms. The third kappa shape index (κ3) is 4.08. The Labute approximate surface area is 178 Å². The van der Waals surface area contributed by atoms with Crippen molar-refractivity contribution in [1.82, 2.24) is 0 Å². The number of nitro groups is 1. The van der Waals surface area contributed by atoms with Crippen LogP contribution in [0.4, 0.5) is 0 Å². The Balaban J connectivity index is 2.15. The lowest BCUT2D eigenvalue weighted by molar-refractivity contribution is -0.432. The second kappa shape index (κ2) is 8.65. The molecule has 7 nitrogen and oxygen atoms in total. The van der Waals surface area contributed by atoms with Crippen LogP contribution >= 0.6 is 15.9 Å². The molecule has 0 radical (unpaired) electrons. The van der Waals surface area contributed by atoms with E-state index in [1.807, 2.05) is 0 Å². The first-order valence-electron chi connectivity index (χ1n) is 9.88. The summed E-state index contributed by atoms with van der Waals surface area (Å²) in [5.74, 6) is -1.03. The summed E-state index contributed by atoms with van der Waals surface area (Å²) < 4.78 is 5.87. The van der Waals surface area contributed by atoms with Crippen molar-refractivity contribution >= 4 is 27.4 Å². The van der Waals surface area contributed by atoms with Gasteiger partial charge in [-0.15, -0.1) is 0 Å². The van der Waals surface area contributed by atoms with Gasteiger partial charge < -0.3 is 9.84 Å². The van der Waals surface area contributed by atoms with Crippen molar-refractivity contribution in [2.45, 2.75) is 52.4 Å². The van der Waals surface area contributed by atoms with Gasteiger partial charge >= 0.3 is 0 Å². The van der Waals surface area contributed by atoms with Gasteiger partial charge in [0.2, 0.25) is 0 Å². The number of aliphatic imine (C=N–C) groups is 1. The molecule has 0 bridgehead atoms. The number of aromatic hydroxyl groups is 1. The van der Waals surface area contributed by atoms with Crippen molar-refractivity contribution in [3.63, 3.8) is 0 Å². The van der Waals surface area contributed by atoms with Crippen LogP contribution in [0, 0.1) is 22.0 Å². The SMILES string of the molecule is CCCC1CC(=O)C2C(=NC(C)=C([N+](=O)[O-])C2c2cc(Br)c(O)c(OCC)c2)C1. The van der Waals surface area contributed by atoms with Crippen molar-refractivity contribution in [2.75, 3.05) is 6.61 Å². The molecule has 0 aromatic heterocycles. The van der Waals surface area contributed by atoms with E-state index < -0.39 is 16.8 Å². The molecule has 1 heterocycles. The summed E-state index contributed by atoms with van der Waals surface area (Å²) in [6, 6.07) is 3.23. The molecule has 1 N–H and O–H groups in total. The van der Waals surface area contributed by atoms with Gasteiger partial charge in [-0.1, -0.05) is 13.3 Å². The van der Waals surface area contributed by atoms with Gasteiger partial charge in [-0.05, 0) is 66.2 Å². The smallest absolute Gasteiger partial charge is 0.275 e. The number of carbonyl (C=O) groups excluding carboxylic acids is 1. The number of ketones is 1. The number of phenolic OH excluding ortho intramolecular Hbond substituents is 1. The first-order chi connectivity index (χ1) is 13.8. The fourth-order valence-corrected chi connectivity index (χ4v) is 4.95. The van der Waals surface area contributed by atoms with Crippen LogP contribution in [0.1, 0.15) is 57.9 Å². The molecule has 0 amide bonds. The Hall–Kier alpha value is -2.22. The lowest BCUT2D eigenvalue weighted by Gasteiger charge is -2.35. The maximum absolute atomic E-state index is 13.1. The van der Waals surface area contributed by atoms with E-state index in [0.717, 1.165) is 18.6 Å². The minimum atomic E-state index is -0.760. The van der Waals surface area contributed by atoms with E-state index >= 15 is 0 Å². The molecular weight excluding hydrogens is 440 g/mol. The molecule has 1 saturated carbocycles. The van der Waals surface area contributed by atoms with Crippen LogP contribution in [0.2, 0.25) is 0 Å². The summed E-state index contributed by atoms with van der Waals surface area (Å²) in [6.45, 7) is 5.83. The van der Waals surface area contributed by atoms with Crippen LogP contribution in [0.5, 0.6) is 11.5 Å². The number of carbonyl (C=O) groups is 1. The monoisotopic (exact) mass is 464 g/mol. The van der Waals surface area contributed by atoms with E-state index in [1.54, 1.807) is 26.0 Å². The molecule has 156 valence electrons. The van der Waals surface area contributed by atoms with Gasteiger partial charge in [0, 0.05) is 12.1 Å². The molecular formula is C21H25BrN2O5. The molecule has 3 unspecified atom stereocenters. The lowest BCUT2D eigenvalue weighted by atomic mass is 9.68. The molecule has 3 atom stereocenters. The Morgan fingerprint density at radius 3 is 2.66 bits per heavy atom. The number of rotatable bonds is 6. The highest BCUT2D eigenvalue weighted by Gasteiger charge is 2.48. The van der Waals surface area contributed by atoms with Gasteiger partial charge in [-0.2, -0.15) is 0 Å². The number of benzene rings is 1. The molecule has 2 aliphatic rings. The van der Waals surface area contributed by atoms with E-state index in [9.17, 15) is 20.0 Å². The maximum Gasteiger partial charge on any atom is 0.275 e. The highest BCUT2D eigenvalue weighted by Crippen LogP contribution is 2.47. The van der Waals surface area contributed by atoms with Gasteiger partial charge in [0.15, 0.2) is 11.5 Å². The van der Waals surface area contributed by atoms with E-state index in [2.05, 4.69) is 27.8 Å². The van der Waals surface area contributed by atoms with Crippen molar-refractivity contribution in [3.05, 3.63) is 43.7 Å². The first-order valence-corrected chi connectivity index (χ1v) is 10.7. The molecule has 1 aromatic carbocycles. The highest BCUT2D eigenvalue weighted by molar-refractivity contribution is 9.10. The van der Waals surface area contributed by atoms with Gasteiger partial charge in [-0.25, -0.2) is 0 Å². The number of hydrogen-bond acceptors (Lipinski definition) is 6. The largest absolute Gasteiger partial charge is 0.503 e. The number of ether oxygens (including phenoxy) is 1. The third-order valence-electron chi connectivity index (χ3n) is 5.61. The normalized spacial score (nSPS) is 24.2. The summed E-state index contributed by atoms with van der Waals surface area (Å²) in [5, 5.41) is 22.2. The standard InChI is InChI=1S/C21H25BrN2O5/c1-4-6-12-7-15-19(16(25)8-12)18(20(24(27)28)11(3)23-15)13-9-14(22)21(26)17(10-13)29-5-2/h9-10,12,18-19,26H,4-8H2,1-3H3. The fourth-order valence-electron chi connectivity index (χ4n) is 4.49. The first kappa shape index (κ1) is 21.5. The molecule has 1 aromatic rings. The van der Waals surface area contributed by atoms with E-state index in [4.69, 9.17) is 4.74 Å². The molecule has 1 aliphatic heterocycles. The summed E-state index contributed by atoms with van der Waals surface area (Å²) in [4.78, 5) is 29.1. The zero-order valence-corrected chi connectivity index (χ0v) is 18.4. The predicted octanol–water partition coefficient (Wildman–Crippen LogP) is 5.00. The van der Waals surface area contributed by atoms with Crippen molar-refractivity contribution in [3.8, 4) is 11.5 Å². The molecule has 0 saturated heterocycles. The maximum atomic E-state index is 13.1. The minimum absolute atomic E-state index is 0.00698. The van der Waals surface area contributed by atoms with E-state index in [0.29, 0.717) is 35.2 Å². The number of halogens is 1. The average molecular weight is 465 g/mol. The zero-order chi connectivity index (χ0) is 21.3. The zero-order valence-electron chi connectivity index (χ0n) is 16.8. The topological polar surface area (TPSA) is 102 Å². The molecule has 1 fully saturated rings.